The summed E-state index contributed by atoms with van der Waals surface area (Å²) in [6.07, 6.45) is 4.63. The highest BCUT2D eigenvalue weighted by Crippen LogP contribution is 2.32. The average molecular weight is 360 g/mol. The summed E-state index contributed by atoms with van der Waals surface area (Å²) >= 11 is 0. The molecule has 7 heteroatoms. The Morgan fingerprint density at radius 1 is 1.28 bits per heavy atom. The summed E-state index contributed by atoms with van der Waals surface area (Å²) in [5.41, 5.74) is 8.48. The van der Waals surface area contributed by atoms with Crippen LogP contribution in [0, 0.1) is 0 Å². The predicted molar refractivity (Wildman–Crippen MR) is 102 cm³/mol. The summed E-state index contributed by atoms with van der Waals surface area (Å²) in [4.78, 5) is 4.48. The van der Waals surface area contributed by atoms with Gasteiger partial charge in [-0.3, -0.25) is 4.68 Å². The van der Waals surface area contributed by atoms with Crippen LogP contribution in [0.4, 0.5) is 5.82 Å². The summed E-state index contributed by atoms with van der Waals surface area (Å²) in [6.45, 7) is 6.39. The van der Waals surface area contributed by atoms with E-state index in [0.29, 0.717) is 17.8 Å². The number of nitrogens with zero attached hydrogens (tertiary/aromatic N) is 3. The number of nitrogen functional groups attached to an aromatic ring is 1. The van der Waals surface area contributed by atoms with Crippen molar-refractivity contribution in [1.29, 1.82) is 0 Å². The van der Waals surface area contributed by atoms with Gasteiger partial charge in [-0.05, 0) is 38.3 Å². The molecule has 0 unspecified atom stereocenters. The highest BCUT2D eigenvalue weighted by atomic mass is 32.2. The number of fused-ring (bicyclic) bond motifs is 3. The van der Waals surface area contributed by atoms with Gasteiger partial charge in [-0.15, -0.1) is 0 Å². The molecule has 1 aromatic carbocycles. The molecule has 134 valence electrons. The predicted octanol–water partition coefficient (Wildman–Crippen LogP) is 2.94. The Hall–Kier alpha value is -2.15. The van der Waals surface area contributed by atoms with Crippen LogP contribution in [0.15, 0.2) is 24.4 Å². The first kappa shape index (κ1) is 17.7. The molecule has 3 rings (SSSR count). The van der Waals surface area contributed by atoms with Gasteiger partial charge in [0, 0.05) is 29.8 Å². The van der Waals surface area contributed by atoms with Crippen molar-refractivity contribution in [3.8, 4) is 0 Å². The maximum Gasteiger partial charge on any atom is 0.152 e. The Morgan fingerprint density at radius 2 is 2.00 bits per heavy atom. The fourth-order valence-corrected chi connectivity index (χ4v) is 3.47. The highest BCUT2D eigenvalue weighted by Gasteiger charge is 2.31. The van der Waals surface area contributed by atoms with E-state index >= 15 is 0 Å². The van der Waals surface area contributed by atoms with Crippen molar-refractivity contribution >= 4 is 37.5 Å². The zero-order chi connectivity index (χ0) is 18.4. The van der Waals surface area contributed by atoms with Gasteiger partial charge in [-0.25, -0.2) is 13.4 Å². The van der Waals surface area contributed by atoms with E-state index in [0.717, 1.165) is 34.8 Å². The highest BCUT2D eigenvalue weighted by molar-refractivity contribution is 7.92. The second kappa shape index (κ2) is 5.98. The summed E-state index contributed by atoms with van der Waals surface area (Å²) < 4.78 is 25.3. The molecule has 0 aliphatic rings. The van der Waals surface area contributed by atoms with Gasteiger partial charge in [0.1, 0.15) is 5.52 Å². The van der Waals surface area contributed by atoms with Crippen molar-refractivity contribution in [2.75, 3.05) is 12.0 Å². The van der Waals surface area contributed by atoms with E-state index in [9.17, 15) is 8.42 Å². The smallest absolute Gasteiger partial charge is 0.152 e. The SMILES string of the molecule is CCCn1cc2c(n1)c(N)nc1cccc(CC(C)(C)S(C)(=O)=O)c12. The van der Waals surface area contributed by atoms with E-state index < -0.39 is 14.6 Å². The fourth-order valence-electron chi connectivity index (χ4n) is 3.05. The number of pyridine rings is 1. The fraction of sp³-hybridized carbons (Fsp3) is 0.444. The Bertz CT molecular complexity index is 1050. The molecule has 0 aliphatic heterocycles. The molecular formula is C18H24N4O2S. The Balaban J connectivity index is 2.28. The third-order valence-corrected chi connectivity index (χ3v) is 6.87. The zero-order valence-electron chi connectivity index (χ0n) is 15.1. The van der Waals surface area contributed by atoms with Crippen LogP contribution >= 0.6 is 0 Å². The van der Waals surface area contributed by atoms with Crippen LogP contribution in [0.3, 0.4) is 0 Å². The lowest BCUT2D eigenvalue weighted by molar-refractivity contribution is 0.550. The Kier molecular flexibility index (Phi) is 4.23. The molecule has 2 N–H and O–H groups in total. The first-order chi connectivity index (χ1) is 11.6. The minimum absolute atomic E-state index is 0.400. The standard InChI is InChI=1S/C18H24N4O2S/c1-5-9-22-11-13-15-12(10-18(2,3)25(4,23)24)7-6-8-14(15)20-17(19)16(13)21-22/h6-8,11H,5,9-10H2,1-4H3,(H2,19,20). The zero-order valence-corrected chi connectivity index (χ0v) is 15.9. The van der Waals surface area contributed by atoms with Crippen LogP contribution in [0.5, 0.6) is 0 Å². The molecule has 2 aromatic heterocycles. The van der Waals surface area contributed by atoms with Crippen molar-refractivity contribution in [3.63, 3.8) is 0 Å². The number of aryl methyl sites for hydroxylation is 1. The summed E-state index contributed by atoms with van der Waals surface area (Å²) in [5, 5.41) is 6.41. The van der Waals surface area contributed by atoms with Crippen molar-refractivity contribution < 1.29 is 8.42 Å². The van der Waals surface area contributed by atoms with Crippen molar-refractivity contribution in [2.45, 2.75) is 44.9 Å². The molecule has 0 radical (unpaired) electrons. The van der Waals surface area contributed by atoms with Gasteiger partial charge in [0.05, 0.1) is 10.3 Å². The largest absolute Gasteiger partial charge is 0.382 e. The third kappa shape index (κ3) is 3.08. The molecule has 0 amide bonds. The molecule has 0 saturated heterocycles. The summed E-state index contributed by atoms with van der Waals surface area (Å²) in [7, 11) is -3.20. The van der Waals surface area contributed by atoms with E-state index in [4.69, 9.17) is 5.73 Å². The average Bonchev–Trinajstić information content (AvgIpc) is 2.90. The molecule has 0 atom stereocenters. The number of aromatic nitrogens is 3. The van der Waals surface area contributed by atoms with Crippen molar-refractivity contribution in [2.24, 2.45) is 0 Å². The number of rotatable bonds is 5. The van der Waals surface area contributed by atoms with Crippen LogP contribution in [0.2, 0.25) is 0 Å². The summed E-state index contributed by atoms with van der Waals surface area (Å²) in [6, 6.07) is 5.76. The van der Waals surface area contributed by atoms with Gasteiger partial charge in [0.25, 0.3) is 0 Å². The first-order valence-electron chi connectivity index (χ1n) is 8.38. The topological polar surface area (TPSA) is 90.9 Å². The first-order valence-corrected chi connectivity index (χ1v) is 10.3. The van der Waals surface area contributed by atoms with Gasteiger partial charge < -0.3 is 5.73 Å². The minimum Gasteiger partial charge on any atom is -0.382 e. The number of anilines is 1. The molecule has 2 heterocycles. The number of hydrogen-bond acceptors (Lipinski definition) is 5. The van der Waals surface area contributed by atoms with E-state index in [1.54, 1.807) is 13.8 Å². The van der Waals surface area contributed by atoms with Gasteiger partial charge in [0.2, 0.25) is 0 Å². The van der Waals surface area contributed by atoms with Crippen molar-refractivity contribution in [3.05, 3.63) is 30.0 Å². The van der Waals surface area contributed by atoms with E-state index in [1.807, 2.05) is 29.1 Å². The molecule has 0 spiro atoms. The van der Waals surface area contributed by atoms with Crippen molar-refractivity contribution in [1.82, 2.24) is 14.8 Å². The Labute approximate surface area is 148 Å². The quantitative estimate of drug-likeness (QED) is 0.755. The Morgan fingerprint density at radius 3 is 2.64 bits per heavy atom. The molecule has 6 nitrogen and oxygen atoms in total. The van der Waals surface area contributed by atoms with E-state index in [-0.39, 0.29) is 0 Å². The summed E-state index contributed by atoms with van der Waals surface area (Å²) in [5.74, 6) is 0.400. The lowest BCUT2D eigenvalue weighted by Crippen LogP contribution is -2.33. The maximum atomic E-state index is 12.1. The third-order valence-electron chi connectivity index (χ3n) is 4.72. The van der Waals surface area contributed by atoms with Crippen LogP contribution in [0.25, 0.3) is 21.8 Å². The monoisotopic (exact) mass is 360 g/mol. The number of sulfone groups is 1. The molecule has 0 bridgehead atoms. The van der Waals surface area contributed by atoms with Crippen LogP contribution in [-0.4, -0.2) is 34.2 Å². The van der Waals surface area contributed by atoms with Crippen LogP contribution < -0.4 is 5.73 Å². The van der Waals surface area contributed by atoms with E-state index in [2.05, 4.69) is 17.0 Å². The number of nitrogens with two attached hydrogens (primary N) is 1. The second-order valence-corrected chi connectivity index (χ2v) is 9.82. The van der Waals surface area contributed by atoms with Gasteiger partial charge in [-0.1, -0.05) is 19.1 Å². The lowest BCUT2D eigenvalue weighted by Gasteiger charge is -2.23. The normalized spacial score (nSPS) is 13.0. The minimum atomic E-state index is -3.20. The molecular weight excluding hydrogens is 336 g/mol. The molecule has 25 heavy (non-hydrogen) atoms. The molecule has 0 saturated carbocycles. The second-order valence-electron chi connectivity index (χ2n) is 7.17. The van der Waals surface area contributed by atoms with Gasteiger partial charge in [0.15, 0.2) is 15.7 Å². The lowest BCUT2D eigenvalue weighted by atomic mass is 9.96. The molecule has 0 fully saturated rings. The molecule has 3 aromatic rings. The van der Waals surface area contributed by atoms with Gasteiger partial charge in [-0.2, -0.15) is 5.10 Å². The van der Waals surface area contributed by atoms with Gasteiger partial charge >= 0.3 is 0 Å². The number of hydrogen-bond donors (Lipinski definition) is 1. The van der Waals surface area contributed by atoms with E-state index in [1.165, 1.54) is 6.26 Å². The number of benzene rings is 1. The van der Waals surface area contributed by atoms with Crippen LogP contribution in [-0.2, 0) is 22.8 Å². The molecule has 0 aliphatic carbocycles. The maximum absolute atomic E-state index is 12.1. The van der Waals surface area contributed by atoms with Crippen LogP contribution in [0.1, 0.15) is 32.8 Å².